The first-order valence-corrected chi connectivity index (χ1v) is 6.67. The Hall–Kier alpha value is -0.520. The number of hydrogen-bond acceptors (Lipinski definition) is 0. The molecule has 0 radical (unpaired) electrons. The second-order valence-corrected chi connectivity index (χ2v) is 5.92. The van der Waals surface area contributed by atoms with Crippen LogP contribution in [0.15, 0.2) is 23.8 Å². The van der Waals surface area contributed by atoms with Gasteiger partial charge in [0.25, 0.3) is 0 Å². The molecule has 15 heavy (non-hydrogen) atoms. The number of rotatable bonds is 0. The molecule has 0 amide bonds. The molecular formula is C15H22. The van der Waals surface area contributed by atoms with Gasteiger partial charge in [0.1, 0.15) is 0 Å². The molecule has 0 saturated heterocycles. The minimum atomic E-state index is 0.646. The third-order valence-electron chi connectivity index (χ3n) is 5.22. The average Bonchev–Trinajstić information content (AvgIpc) is 2.29. The minimum absolute atomic E-state index is 0.646. The van der Waals surface area contributed by atoms with Gasteiger partial charge in [-0.2, -0.15) is 0 Å². The third kappa shape index (κ3) is 1.41. The normalized spacial score (nSPS) is 44.2. The summed E-state index contributed by atoms with van der Waals surface area (Å²) in [7, 11) is 0. The first-order chi connectivity index (χ1) is 7.31. The fourth-order valence-electron chi connectivity index (χ4n) is 4.24. The van der Waals surface area contributed by atoms with Gasteiger partial charge < -0.3 is 0 Å². The van der Waals surface area contributed by atoms with Gasteiger partial charge in [-0.25, -0.2) is 0 Å². The summed E-state index contributed by atoms with van der Waals surface area (Å²) in [6.07, 6.45) is 17.3. The van der Waals surface area contributed by atoms with Crippen molar-refractivity contribution in [3.8, 4) is 0 Å². The lowest BCUT2D eigenvalue weighted by Gasteiger charge is -2.51. The van der Waals surface area contributed by atoms with Crippen molar-refractivity contribution in [2.24, 2.45) is 17.3 Å². The van der Waals surface area contributed by atoms with Crippen molar-refractivity contribution in [3.63, 3.8) is 0 Å². The molecule has 3 atom stereocenters. The SMILES string of the molecule is C[C@@]12CCCC[C@H]1CC=C1C=CCC[C@H]12. The Labute approximate surface area is 93.5 Å². The molecule has 0 spiro atoms. The van der Waals surface area contributed by atoms with Gasteiger partial charge in [-0.1, -0.05) is 38.0 Å². The Balaban J connectivity index is 1.97. The standard InChI is InChI=1S/C15H22/c1-15-11-5-4-7-13(15)10-9-12-6-2-3-8-14(12)15/h2,6,9,13-14H,3-5,7-8,10-11H2,1H3/t13-,14+,15+/m0/s1. The summed E-state index contributed by atoms with van der Waals surface area (Å²) in [5, 5.41) is 0. The zero-order valence-electron chi connectivity index (χ0n) is 9.84. The molecule has 3 rings (SSSR count). The summed E-state index contributed by atoms with van der Waals surface area (Å²) >= 11 is 0. The van der Waals surface area contributed by atoms with Gasteiger partial charge in [0.2, 0.25) is 0 Å². The van der Waals surface area contributed by atoms with Crippen LogP contribution in [0, 0.1) is 17.3 Å². The number of allylic oxidation sites excluding steroid dienone is 4. The Morgan fingerprint density at radius 1 is 1.27 bits per heavy atom. The van der Waals surface area contributed by atoms with Crippen LogP contribution in [0.2, 0.25) is 0 Å². The van der Waals surface area contributed by atoms with Gasteiger partial charge >= 0.3 is 0 Å². The van der Waals surface area contributed by atoms with E-state index < -0.39 is 0 Å². The molecule has 82 valence electrons. The average molecular weight is 202 g/mol. The van der Waals surface area contributed by atoms with E-state index in [2.05, 4.69) is 25.2 Å². The van der Waals surface area contributed by atoms with E-state index >= 15 is 0 Å². The summed E-state index contributed by atoms with van der Waals surface area (Å²) in [5.41, 5.74) is 2.31. The van der Waals surface area contributed by atoms with E-state index in [1.54, 1.807) is 5.57 Å². The molecular weight excluding hydrogens is 180 g/mol. The lowest BCUT2D eigenvalue weighted by Crippen LogP contribution is -2.41. The molecule has 1 fully saturated rings. The Kier molecular flexibility index (Phi) is 2.26. The van der Waals surface area contributed by atoms with E-state index in [9.17, 15) is 0 Å². The summed E-state index contributed by atoms with van der Waals surface area (Å²) < 4.78 is 0. The second-order valence-electron chi connectivity index (χ2n) is 5.92. The van der Waals surface area contributed by atoms with Crippen molar-refractivity contribution in [2.75, 3.05) is 0 Å². The van der Waals surface area contributed by atoms with Gasteiger partial charge in [-0.05, 0) is 54.9 Å². The summed E-state index contributed by atoms with van der Waals surface area (Å²) in [4.78, 5) is 0. The lowest BCUT2D eigenvalue weighted by atomic mass is 9.54. The largest absolute Gasteiger partial charge is 0.0842 e. The van der Waals surface area contributed by atoms with E-state index in [4.69, 9.17) is 0 Å². The van der Waals surface area contributed by atoms with Crippen LogP contribution in [0.1, 0.15) is 51.9 Å². The smallest absolute Gasteiger partial charge is 0.0106 e. The van der Waals surface area contributed by atoms with Crippen molar-refractivity contribution in [2.45, 2.75) is 51.9 Å². The Bertz CT molecular complexity index is 310. The molecule has 3 aliphatic rings. The predicted molar refractivity (Wildman–Crippen MR) is 64.6 cm³/mol. The Morgan fingerprint density at radius 3 is 3.13 bits per heavy atom. The minimum Gasteiger partial charge on any atom is -0.0842 e. The maximum atomic E-state index is 2.58. The molecule has 0 aromatic carbocycles. The maximum absolute atomic E-state index is 2.58. The highest BCUT2D eigenvalue weighted by molar-refractivity contribution is 5.30. The van der Waals surface area contributed by atoms with E-state index in [-0.39, 0.29) is 0 Å². The van der Waals surface area contributed by atoms with E-state index in [1.165, 1.54) is 44.9 Å². The van der Waals surface area contributed by atoms with Crippen molar-refractivity contribution in [1.82, 2.24) is 0 Å². The molecule has 0 unspecified atom stereocenters. The fraction of sp³-hybridized carbons (Fsp3) is 0.733. The monoisotopic (exact) mass is 202 g/mol. The molecule has 0 aromatic rings. The van der Waals surface area contributed by atoms with Crippen LogP contribution in [0.3, 0.4) is 0 Å². The second kappa shape index (κ2) is 3.50. The molecule has 0 nitrogen and oxygen atoms in total. The highest BCUT2D eigenvalue weighted by Crippen LogP contribution is 2.55. The molecule has 0 aromatic heterocycles. The van der Waals surface area contributed by atoms with Gasteiger partial charge in [-0.15, -0.1) is 0 Å². The van der Waals surface area contributed by atoms with Crippen molar-refractivity contribution >= 4 is 0 Å². The molecule has 3 aliphatic carbocycles. The predicted octanol–water partition coefficient (Wildman–Crippen LogP) is 4.48. The molecule has 1 saturated carbocycles. The van der Waals surface area contributed by atoms with Crippen LogP contribution in [0.5, 0.6) is 0 Å². The van der Waals surface area contributed by atoms with Crippen molar-refractivity contribution < 1.29 is 0 Å². The van der Waals surface area contributed by atoms with Crippen LogP contribution in [-0.2, 0) is 0 Å². The van der Waals surface area contributed by atoms with Crippen molar-refractivity contribution in [3.05, 3.63) is 23.8 Å². The first kappa shape index (κ1) is 9.69. The topological polar surface area (TPSA) is 0 Å². The zero-order chi connectivity index (χ0) is 10.3. The summed E-state index contributed by atoms with van der Waals surface area (Å²) in [6, 6.07) is 0. The number of hydrogen-bond donors (Lipinski definition) is 0. The Morgan fingerprint density at radius 2 is 2.20 bits per heavy atom. The van der Waals surface area contributed by atoms with Crippen LogP contribution in [0.4, 0.5) is 0 Å². The zero-order valence-corrected chi connectivity index (χ0v) is 9.84. The molecule has 0 heteroatoms. The maximum Gasteiger partial charge on any atom is -0.0106 e. The van der Waals surface area contributed by atoms with Gasteiger partial charge in [0.15, 0.2) is 0 Å². The van der Waals surface area contributed by atoms with E-state index in [0.29, 0.717) is 5.41 Å². The highest BCUT2D eigenvalue weighted by Gasteiger charge is 2.45. The highest BCUT2D eigenvalue weighted by atomic mass is 14.5. The van der Waals surface area contributed by atoms with Crippen LogP contribution in [0.25, 0.3) is 0 Å². The summed E-state index contributed by atoms with van der Waals surface area (Å²) in [6.45, 7) is 2.58. The van der Waals surface area contributed by atoms with Crippen LogP contribution >= 0.6 is 0 Å². The molecule has 0 heterocycles. The lowest BCUT2D eigenvalue weighted by molar-refractivity contribution is 0.0483. The van der Waals surface area contributed by atoms with Crippen LogP contribution in [-0.4, -0.2) is 0 Å². The van der Waals surface area contributed by atoms with Crippen molar-refractivity contribution in [1.29, 1.82) is 0 Å². The van der Waals surface area contributed by atoms with E-state index in [1.807, 2.05) is 0 Å². The first-order valence-electron chi connectivity index (χ1n) is 6.67. The van der Waals surface area contributed by atoms with Gasteiger partial charge in [0, 0.05) is 0 Å². The van der Waals surface area contributed by atoms with E-state index in [0.717, 1.165) is 11.8 Å². The van der Waals surface area contributed by atoms with Gasteiger partial charge in [-0.3, -0.25) is 0 Å². The number of fused-ring (bicyclic) bond motifs is 3. The van der Waals surface area contributed by atoms with Gasteiger partial charge in [0.05, 0.1) is 0 Å². The quantitative estimate of drug-likeness (QED) is 0.543. The molecule has 0 aliphatic heterocycles. The third-order valence-corrected chi connectivity index (χ3v) is 5.22. The molecule has 0 N–H and O–H groups in total. The molecule has 0 bridgehead atoms. The van der Waals surface area contributed by atoms with Crippen LogP contribution < -0.4 is 0 Å². The fourth-order valence-corrected chi connectivity index (χ4v) is 4.24. The summed E-state index contributed by atoms with van der Waals surface area (Å²) in [5.74, 6) is 1.88.